The standard InChI is InChI=1S/C48H58N6O8/c1-30-40(55)24-41(56)44(45(30)62-29-32-5-3-2-4-6-32)48(61)53-26-34-8-7-33(21-35(34)27-53)25-50-15-13-31(14-16-50)22-43(58)52-19-17-51(18-20-52)37-9-10-38-36(23-37)28-54(47(38)60)39-11-12-42(57)49-46(39)59/h7-10,21,23-24,31-32,39,55-56H,2-6,11-20,22,25-29H2,1H3,(H,49,57,59). The van der Waals surface area contributed by atoms with E-state index >= 15 is 0 Å². The number of aromatic hydroxyl groups is 2. The molecule has 3 aromatic carbocycles. The Hall–Kier alpha value is -5.63. The number of piperidine rings is 2. The Morgan fingerprint density at radius 1 is 0.758 bits per heavy atom. The van der Waals surface area contributed by atoms with Gasteiger partial charge in [0.15, 0.2) is 0 Å². The number of piperazine rings is 1. The molecule has 14 nitrogen and oxygen atoms in total. The lowest BCUT2D eigenvalue weighted by molar-refractivity contribution is -0.137. The van der Waals surface area contributed by atoms with Crippen molar-refractivity contribution >= 4 is 35.2 Å². The monoisotopic (exact) mass is 846 g/mol. The largest absolute Gasteiger partial charge is 0.507 e. The maximum absolute atomic E-state index is 14.0. The second-order valence-corrected chi connectivity index (χ2v) is 18.4. The quantitative estimate of drug-likeness (QED) is 0.230. The van der Waals surface area contributed by atoms with Gasteiger partial charge in [-0.2, -0.15) is 0 Å². The zero-order valence-electron chi connectivity index (χ0n) is 35.7. The average molecular weight is 847 g/mol. The maximum Gasteiger partial charge on any atom is 0.262 e. The van der Waals surface area contributed by atoms with Crippen LogP contribution in [0.3, 0.4) is 0 Å². The number of carbonyl (C=O) groups is 5. The van der Waals surface area contributed by atoms with Gasteiger partial charge < -0.3 is 34.5 Å². The Morgan fingerprint density at radius 3 is 2.27 bits per heavy atom. The van der Waals surface area contributed by atoms with Crippen LogP contribution in [-0.4, -0.2) is 111 Å². The van der Waals surface area contributed by atoms with Gasteiger partial charge in [0.1, 0.15) is 28.9 Å². The van der Waals surface area contributed by atoms with Gasteiger partial charge in [-0.25, -0.2) is 0 Å². The highest BCUT2D eigenvalue weighted by Gasteiger charge is 2.40. The van der Waals surface area contributed by atoms with E-state index in [1.165, 1.54) is 30.9 Å². The third-order valence-electron chi connectivity index (χ3n) is 14.2. The van der Waals surface area contributed by atoms with E-state index in [2.05, 4.69) is 33.3 Å². The molecule has 0 spiro atoms. The molecule has 1 unspecified atom stereocenters. The average Bonchev–Trinajstić information content (AvgIpc) is 3.85. The summed E-state index contributed by atoms with van der Waals surface area (Å²) in [5.74, 6) is -0.328. The highest BCUT2D eigenvalue weighted by Crippen LogP contribution is 2.41. The summed E-state index contributed by atoms with van der Waals surface area (Å²) in [6.45, 7) is 8.71. The number of carbonyl (C=O) groups excluding carboxylic acids is 5. The Balaban J connectivity index is 0.730. The highest BCUT2D eigenvalue weighted by atomic mass is 16.5. The van der Waals surface area contributed by atoms with E-state index in [9.17, 15) is 34.2 Å². The number of phenols is 2. The van der Waals surface area contributed by atoms with Gasteiger partial charge >= 0.3 is 0 Å². The lowest BCUT2D eigenvalue weighted by Crippen LogP contribution is -2.52. The minimum atomic E-state index is -0.638. The molecular weight excluding hydrogens is 789 g/mol. The van der Waals surface area contributed by atoms with E-state index in [1.807, 2.05) is 23.1 Å². The van der Waals surface area contributed by atoms with Crippen molar-refractivity contribution in [1.82, 2.24) is 24.9 Å². The first-order valence-electron chi connectivity index (χ1n) is 22.6. The van der Waals surface area contributed by atoms with E-state index in [1.54, 1.807) is 16.7 Å². The van der Waals surface area contributed by atoms with Crippen molar-refractivity contribution in [3.05, 3.63) is 81.4 Å². The first kappa shape index (κ1) is 41.7. The van der Waals surface area contributed by atoms with Crippen molar-refractivity contribution in [2.24, 2.45) is 11.8 Å². The summed E-state index contributed by atoms with van der Waals surface area (Å²) in [6.07, 6.45) is 8.77. The molecule has 1 aliphatic carbocycles. The van der Waals surface area contributed by atoms with Crippen molar-refractivity contribution in [2.75, 3.05) is 50.8 Å². The fraction of sp³-hybridized carbons (Fsp3) is 0.521. The van der Waals surface area contributed by atoms with Gasteiger partial charge in [-0.15, -0.1) is 0 Å². The number of hydrogen-bond donors (Lipinski definition) is 3. The number of hydrogen-bond acceptors (Lipinski definition) is 10. The normalized spacial score (nSPS) is 21.3. The fourth-order valence-corrected chi connectivity index (χ4v) is 10.5. The van der Waals surface area contributed by atoms with Crippen LogP contribution in [0, 0.1) is 18.8 Å². The van der Waals surface area contributed by atoms with Crippen LogP contribution in [0.25, 0.3) is 0 Å². The molecule has 3 N–H and O–H groups in total. The smallest absolute Gasteiger partial charge is 0.262 e. The zero-order valence-corrected chi connectivity index (χ0v) is 35.7. The molecule has 0 radical (unpaired) electrons. The third-order valence-corrected chi connectivity index (χ3v) is 14.2. The number of likely N-dealkylation sites (tertiary alicyclic amines) is 1. The first-order chi connectivity index (χ1) is 30.0. The molecule has 1 saturated carbocycles. The Morgan fingerprint density at radius 2 is 1.52 bits per heavy atom. The lowest BCUT2D eigenvalue weighted by Gasteiger charge is -2.37. The van der Waals surface area contributed by atoms with Crippen LogP contribution in [-0.2, 0) is 40.6 Å². The maximum atomic E-state index is 14.0. The molecule has 1 atom stereocenters. The summed E-state index contributed by atoms with van der Waals surface area (Å²) >= 11 is 0. The Labute approximate surface area is 362 Å². The van der Waals surface area contributed by atoms with Gasteiger partial charge in [0.05, 0.1) is 6.61 Å². The predicted octanol–water partition coefficient (Wildman–Crippen LogP) is 5.23. The fourth-order valence-electron chi connectivity index (χ4n) is 10.5. The van der Waals surface area contributed by atoms with Crippen LogP contribution in [0.2, 0.25) is 0 Å². The highest BCUT2D eigenvalue weighted by molar-refractivity contribution is 6.05. The van der Waals surface area contributed by atoms with Gasteiger partial charge in [-0.05, 0) is 104 Å². The number of fused-ring (bicyclic) bond motifs is 2. The number of rotatable bonds is 10. The van der Waals surface area contributed by atoms with Crippen LogP contribution in [0.4, 0.5) is 5.69 Å². The topological polar surface area (TPSA) is 163 Å². The molecular formula is C48H58N6O8. The zero-order chi connectivity index (χ0) is 43.1. The van der Waals surface area contributed by atoms with Crippen molar-refractivity contribution < 1.29 is 38.9 Å². The van der Waals surface area contributed by atoms with Crippen molar-refractivity contribution in [2.45, 2.75) is 103 Å². The minimum absolute atomic E-state index is 0.0876. The van der Waals surface area contributed by atoms with Crippen LogP contribution in [0.5, 0.6) is 17.2 Å². The summed E-state index contributed by atoms with van der Waals surface area (Å²) in [5, 5.41) is 23.8. The van der Waals surface area contributed by atoms with Gasteiger partial charge in [-0.3, -0.25) is 34.2 Å². The Kier molecular flexibility index (Phi) is 11.9. The molecule has 14 heteroatoms. The number of nitrogens with one attached hydrogen (secondary N) is 1. The van der Waals surface area contributed by atoms with E-state index in [-0.39, 0.29) is 52.9 Å². The van der Waals surface area contributed by atoms with Crippen LogP contribution in [0.15, 0.2) is 42.5 Å². The summed E-state index contributed by atoms with van der Waals surface area (Å²) in [5.41, 5.74) is 6.43. The molecule has 9 rings (SSSR count). The van der Waals surface area contributed by atoms with Gasteiger partial charge in [0, 0.05) is 88.1 Å². The predicted molar refractivity (Wildman–Crippen MR) is 230 cm³/mol. The van der Waals surface area contributed by atoms with Gasteiger partial charge in [0.2, 0.25) is 17.7 Å². The number of benzene rings is 3. The molecule has 62 heavy (non-hydrogen) atoms. The molecule has 5 amide bonds. The molecule has 3 saturated heterocycles. The van der Waals surface area contributed by atoms with Crippen LogP contribution in [0.1, 0.15) is 113 Å². The SMILES string of the molecule is Cc1c(O)cc(O)c(C(=O)N2Cc3ccc(CN4CCC(CC(=O)N5CCN(c6ccc7c(c6)CN(C6CCC(=O)NC6=O)C7=O)CC5)CC4)cc3C2)c1OCC1CCCCC1. The summed E-state index contributed by atoms with van der Waals surface area (Å²) in [6, 6.07) is 12.9. The number of phenolic OH excluding ortho intramolecular Hbond substituents is 2. The number of anilines is 1. The number of imide groups is 1. The van der Waals surface area contributed by atoms with Gasteiger partial charge in [-0.1, -0.05) is 37.5 Å². The van der Waals surface area contributed by atoms with Crippen LogP contribution >= 0.6 is 0 Å². The first-order valence-corrected chi connectivity index (χ1v) is 22.6. The number of nitrogens with zero attached hydrogens (tertiary/aromatic N) is 5. The van der Waals surface area contributed by atoms with Crippen molar-refractivity contribution in [1.29, 1.82) is 0 Å². The van der Waals surface area contributed by atoms with E-state index in [0.29, 0.717) is 88.2 Å². The Bertz CT molecular complexity index is 2260. The van der Waals surface area contributed by atoms with E-state index in [4.69, 9.17) is 4.74 Å². The number of amides is 5. The van der Waals surface area contributed by atoms with E-state index < -0.39 is 11.9 Å². The minimum Gasteiger partial charge on any atom is -0.507 e. The molecule has 6 aliphatic rings. The molecule has 5 heterocycles. The number of ether oxygens (including phenoxy) is 1. The molecule has 5 aliphatic heterocycles. The summed E-state index contributed by atoms with van der Waals surface area (Å²) in [4.78, 5) is 74.7. The van der Waals surface area contributed by atoms with Crippen molar-refractivity contribution in [3.63, 3.8) is 0 Å². The second kappa shape index (κ2) is 17.6. The van der Waals surface area contributed by atoms with Gasteiger partial charge in [0.25, 0.3) is 11.8 Å². The van der Waals surface area contributed by atoms with Crippen LogP contribution < -0.4 is 15.0 Å². The molecule has 0 aromatic heterocycles. The summed E-state index contributed by atoms with van der Waals surface area (Å²) in [7, 11) is 0. The lowest BCUT2D eigenvalue weighted by atomic mass is 9.90. The molecule has 3 aromatic rings. The van der Waals surface area contributed by atoms with Crippen molar-refractivity contribution in [3.8, 4) is 17.2 Å². The molecule has 328 valence electrons. The third kappa shape index (κ3) is 8.58. The second-order valence-electron chi connectivity index (χ2n) is 18.4. The summed E-state index contributed by atoms with van der Waals surface area (Å²) < 4.78 is 6.22. The van der Waals surface area contributed by atoms with E-state index in [0.717, 1.165) is 67.7 Å². The molecule has 4 fully saturated rings. The molecule has 0 bridgehead atoms.